The predicted molar refractivity (Wildman–Crippen MR) is 222 cm³/mol. The third kappa shape index (κ3) is 7.70. The van der Waals surface area contributed by atoms with Crippen molar-refractivity contribution in [1.29, 1.82) is 0 Å². The first-order valence-corrected chi connectivity index (χ1v) is 20.3. The van der Waals surface area contributed by atoms with Crippen molar-refractivity contribution < 1.29 is 14.4 Å². The normalized spacial score (nSPS) is 22.4. The number of nitrogens with one attached hydrogen (secondary N) is 3. The summed E-state index contributed by atoms with van der Waals surface area (Å²) in [7, 11) is 1.85. The lowest BCUT2D eigenvalue weighted by molar-refractivity contribution is -0.136. The van der Waals surface area contributed by atoms with Crippen LogP contribution in [0, 0.1) is 31.1 Å². The van der Waals surface area contributed by atoms with Crippen molar-refractivity contribution in [3.05, 3.63) is 83.4 Å². The van der Waals surface area contributed by atoms with Gasteiger partial charge in [-0.25, -0.2) is 9.97 Å². The highest BCUT2D eigenvalue weighted by molar-refractivity contribution is 6.04. The van der Waals surface area contributed by atoms with E-state index in [2.05, 4.69) is 105 Å². The lowest BCUT2D eigenvalue weighted by Gasteiger charge is -2.45. The highest BCUT2D eigenvalue weighted by Gasteiger charge is 2.53. The second-order valence-electron chi connectivity index (χ2n) is 17.4. The molecule has 0 spiro atoms. The minimum atomic E-state index is -0.216. The number of piperazine rings is 1. The summed E-state index contributed by atoms with van der Waals surface area (Å²) in [5.74, 6) is 2.17. The van der Waals surface area contributed by atoms with E-state index in [1.54, 1.807) is 6.20 Å². The molecule has 1 aliphatic carbocycles. The Morgan fingerprint density at radius 3 is 2.23 bits per heavy atom. The topological polar surface area (TPSA) is 127 Å². The molecule has 5 atom stereocenters. The van der Waals surface area contributed by atoms with Gasteiger partial charge >= 0.3 is 0 Å². The molecule has 4 heterocycles. The summed E-state index contributed by atoms with van der Waals surface area (Å²) in [5, 5.41) is 6.25. The van der Waals surface area contributed by atoms with Crippen LogP contribution in [-0.4, -0.2) is 87.3 Å². The van der Waals surface area contributed by atoms with Gasteiger partial charge in [0.1, 0.15) is 11.6 Å². The molecule has 7 rings (SSSR count). The number of aromatic nitrogens is 3. The summed E-state index contributed by atoms with van der Waals surface area (Å²) in [6, 6.07) is 16.1. The first-order chi connectivity index (χ1) is 26.7. The lowest BCUT2D eigenvalue weighted by Crippen LogP contribution is -2.59. The first kappa shape index (κ1) is 39.2. The number of aryl methyl sites for hydroxylation is 2. The maximum absolute atomic E-state index is 13.4. The number of imidazole rings is 1. The maximum atomic E-state index is 13.4. The van der Waals surface area contributed by atoms with Crippen LogP contribution in [0.5, 0.6) is 0 Å². The van der Waals surface area contributed by atoms with Crippen molar-refractivity contribution >= 4 is 29.2 Å². The van der Waals surface area contributed by atoms with Gasteiger partial charge in [-0.05, 0) is 123 Å². The van der Waals surface area contributed by atoms with Crippen molar-refractivity contribution in [2.75, 3.05) is 36.9 Å². The van der Waals surface area contributed by atoms with E-state index in [0.717, 1.165) is 76.6 Å². The van der Waals surface area contributed by atoms with E-state index < -0.39 is 0 Å². The Kier molecular flexibility index (Phi) is 10.8. The number of likely N-dealkylation sites (N-methyl/N-ethyl adjacent to an activating group) is 1. The Labute approximate surface area is 331 Å². The molecule has 0 bridgehead atoms. The van der Waals surface area contributed by atoms with E-state index in [4.69, 9.17) is 4.98 Å². The van der Waals surface area contributed by atoms with Crippen molar-refractivity contribution in [3.63, 3.8) is 0 Å². The minimum absolute atomic E-state index is 0.0545. The second-order valence-corrected chi connectivity index (χ2v) is 17.4. The molecule has 0 unspecified atom stereocenters. The van der Waals surface area contributed by atoms with Crippen LogP contribution in [-0.2, 0) is 9.59 Å². The quantitative estimate of drug-likeness (QED) is 0.154. The van der Waals surface area contributed by atoms with Crippen LogP contribution in [0.3, 0.4) is 0 Å². The number of benzene rings is 2. The van der Waals surface area contributed by atoms with Crippen LogP contribution in [0.25, 0.3) is 22.4 Å². The van der Waals surface area contributed by atoms with E-state index >= 15 is 0 Å². The van der Waals surface area contributed by atoms with Crippen LogP contribution >= 0.6 is 0 Å². The summed E-state index contributed by atoms with van der Waals surface area (Å²) >= 11 is 0. The fourth-order valence-electron chi connectivity index (χ4n) is 8.80. The lowest BCUT2D eigenvalue weighted by atomic mass is 9.94. The van der Waals surface area contributed by atoms with E-state index in [-0.39, 0.29) is 59.1 Å². The van der Waals surface area contributed by atoms with E-state index in [0.29, 0.717) is 18.7 Å². The number of rotatable bonds is 10. The number of carbonyl (C=O) groups is 3. The van der Waals surface area contributed by atoms with Crippen LogP contribution in [0.2, 0.25) is 0 Å². The fourth-order valence-corrected chi connectivity index (χ4v) is 8.80. The van der Waals surface area contributed by atoms with Crippen molar-refractivity contribution in [2.45, 2.75) is 98.8 Å². The van der Waals surface area contributed by atoms with Gasteiger partial charge in [-0.2, -0.15) is 0 Å². The highest BCUT2D eigenvalue weighted by Crippen LogP contribution is 2.52. The number of hydrogen-bond acceptors (Lipinski definition) is 7. The molecule has 3 fully saturated rings. The second kappa shape index (κ2) is 15.5. The average molecular weight is 759 g/mol. The number of likely N-dealkylation sites (tertiary alicyclic amines) is 1. The summed E-state index contributed by atoms with van der Waals surface area (Å²) in [5.41, 5.74) is 7.67. The van der Waals surface area contributed by atoms with Gasteiger partial charge in [0.05, 0.1) is 29.5 Å². The zero-order chi connectivity index (χ0) is 40.1. The Bertz CT molecular complexity index is 2110. The number of carbonyl (C=O) groups excluding carboxylic acids is 3. The number of amides is 3. The average Bonchev–Trinajstić information content (AvgIpc) is 3.51. The molecule has 3 amide bonds. The summed E-state index contributed by atoms with van der Waals surface area (Å²) < 4.78 is 0. The Balaban J connectivity index is 0.979. The molecule has 2 aromatic heterocycles. The SMILES string of the molecule is CN[C@H](C(=O)N1CCC[C@H]1c1ncc(-c2ccc(-c3ccc(NC(=O)c4ccc(N5C[C@H](C)N(C(=O)[C@H]6CC6(C)C)C[C@H]5C)nc4)cc3C)c(C)c2)[nH]1)C(C)C. The largest absolute Gasteiger partial charge is 0.350 e. The number of hydrogen-bond donors (Lipinski definition) is 3. The Hall–Kier alpha value is -5.03. The predicted octanol–water partition coefficient (Wildman–Crippen LogP) is 7.39. The molecule has 56 heavy (non-hydrogen) atoms. The van der Waals surface area contributed by atoms with Crippen molar-refractivity contribution in [1.82, 2.24) is 30.1 Å². The smallest absolute Gasteiger partial charge is 0.257 e. The number of pyridine rings is 1. The molecular weight excluding hydrogens is 701 g/mol. The van der Waals surface area contributed by atoms with Crippen LogP contribution < -0.4 is 15.5 Å². The molecule has 296 valence electrons. The Morgan fingerprint density at radius 1 is 0.893 bits per heavy atom. The molecule has 11 nitrogen and oxygen atoms in total. The van der Waals surface area contributed by atoms with Crippen LogP contribution in [0.1, 0.15) is 94.2 Å². The molecule has 11 heteroatoms. The summed E-state index contributed by atoms with van der Waals surface area (Å²) in [6.07, 6.45) is 6.33. The van der Waals surface area contributed by atoms with E-state index in [1.807, 2.05) is 47.3 Å². The first-order valence-electron chi connectivity index (χ1n) is 20.3. The third-order valence-corrected chi connectivity index (χ3v) is 12.4. The molecule has 3 aliphatic rings. The van der Waals surface area contributed by atoms with E-state index in [1.165, 1.54) is 0 Å². The fraction of sp³-hybridized carbons (Fsp3) is 0.489. The standard InChI is InChI=1S/C45H58N8O3/c1-26(2)40(46-9)44(56)51-18-10-11-38(51)41-48-23-37(50-41)31-12-15-34(27(3)19-31)35-16-14-33(20-28(35)4)49-42(54)32-13-17-39(47-22-32)52-24-30(6)53(25-29(52)5)43(55)36-21-45(36,7)8/h12-17,19-20,22-23,26,29-30,36,38,40,46H,10-11,18,21,24-25H2,1-9H3,(H,48,50)(H,49,54)/t29-,30+,36-,38+,40+/m1/s1. The van der Waals surface area contributed by atoms with Crippen molar-refractivity contribution in [2.24, 2.45) is 17.3 Å². The molecule has 2 saturated heterocycles. The molecule has 0 radical (unpaired) electrons. The van der Waals surface area contributed by atoms with Crippen LogP contribution in [0.15, 0.2) is 60.9 Å². The zero-order valence-corrected chi connectivity index (χ0v) is 34.4. The monoisotopic (exact) mass is 758 g/mol. The highest BCUT2D eigenvalue weighted by atomic mass is 16.2. The summed E-state index contributed by atoms with van der Waals surface area (Å²) in [6.45, 7) is 19.0. The summed E-state index contributed by atoms with van der Waals surface area (Å²) in [4.78, 5) is 59.1. The molecule has 4 aromatic rings. The Morgan fingerprint density at radius 2 is 1.61 bits per heavy atom. The molecule has 2 aliphatic heterocycles. The number of anilines is 2. The number of H-pyrrole nitrogens is 1. The molecule has 3 N–H and O–H groups in total. The van der Waals surface area contributed by atoms with Gasteiger partial charge < -0.3 is 30.3 Å². The van der Waals surface area contributed by atoms with Gasteiger partial charge in [-0.3, -0.25) is 14.4 Å². The van der Waals surface area contributed by atoms with Gasteiger partial charge in [0.15, 0.2) is 0 Å². The van der Waals surface area contributed by atoms with Gasteiger partial charge in [-0.15, -0.1) is 0 Å². The third-order valence-electron chi connectivity index (χ3n) is 12.4. The molecular formula is C45H58N8O3. The van der Waals surface area contributed by atoms with Crippen molar-refractivity contribution in [3.8, 4) is 22.4 Å². The van der Waals surface area contributed by atoms with E-state index in [9.17, 15) is 14.4 Å². The zero-order valence-electron chi connectivity index (χ0n) is 34.4. The maximum Gasteiger partial charge on any atom is 0.257 e. The molecule has 2 aromatic carbocycles. The molecule has 1 saturated carbocycles. The minimum Gasteiger partial charge on any atom is -0.350 e. The van der Waals surface area contributed by atoms with Gasteiger partial charge in [-0.1, -0.05) is 45.9 Å². The van der Waals surface area contributed by atoms with Gasteiger partial charge in [0, 0.05) is 49.5 Å². The number of aromatic amines is 1. The van der Waals surface area contributed by atoms with Gasteiger partial charge in [0.2, 0.25) is 11.8 Å². The number of nitrogens with zero attached hydrogens (tertiary/aromatic N) is 5. The van der Waals surface area contributed by atoms with Gasteiger partial charge in [0.25, 0.3) is 5.91 Å². The van der Waals surface area contributed by atoms with Crippen LogP contribution in [0.4, 0.5) is 11.5 Å².